The van der Waals surface area contributed by atoms with Gasteiger partial charge < -0.3 is 24.3 Å². The van der Waals surface area contributed by atoms with E-state index in [9.17, 15) is 0 Å². The third-order valence-corrected chi connectivity index (χ3v) is 2.01. The predicted molar refractivity (Wildman–Crippen MR) is 68.4 cm³/mol. The number of ether oxygens (including phenoxy) is 4. The number of likely N-dealkylation sites (N-methyl/N-ethyl adjacent to an activating group) is 1. The van der Waals surface area contributed by atoms with Crippen LogP contribution in [0.15, 0.2) is 0 Å². The van der Waals surface area contributed by atoms with Gasteiger partial charge in [0.2, 0.25) is 0 Å². The fourth-order valence-corrected chi connectivity index (χ4v) is 1.03. The van der Waals surface area contributed by atoms with Gasteiger partial charge in [-0.05, 0) is 7.05 Å². The Morgan fingerprint density at radius 2 is 1.56 bits per heavy atom. The normalized spacial score (nSPS) is 11.8. The van der Waals surface area contributed by atoms with Gasteiger partial charge in [0.15, 0.2) is 0 Å². The highest BCUT2D eigenvalue weighted by Gasteiger charge is 1.94. The summed E-state index contributed by atoms with van der Waals surface area (Å²) in [6, 6.07) is 0.300. The highest BCUT2D eigenvalue weighted by atomic mass is 16.5. The van der Waals surface area contributed by atoms with Gasteiger partial charge in [0.05, 0.1) is 46.8 Å². The first-order chi connectivity index (χ1) is 8.81. The van der Waals surface area contributed by atoms with Crippen molar-refractivity contribution in [3.8, 4) is 0 Å². The van der Waals surface area contributed by atoms with Crippen LogP contribution in [0.2, 0.25) is 0 Å². The lowest BCUT2D eigenvalue weighted by Crippen LogP contribution is -2.77. The van der Waals surface area contributed by atoms with E-state index in [-0.39, 0.29) is 0 Å². The number of methoxy groups -OCH3 is 1. The van der Waals surface area contributed by atoms with Crippen molar-refractivity contribution in [1.82, 2.24) is 5.32 Å². The van der Waals surface area contributed by atoms with E-state index in [1.807, 2.05) is 7.05 Å². The molecule has 0 saturated heterocycles. The second-order valence-corrected chi connectivity index (χ2v) is 3.44. The first kappa shape index (κ1) is 17.1. The summed E-state index contributed by atoms with van der Waals surface area (Å²) in [6.45, 7) is 5.08. The molecule has 0 saturated carbocycles. The Kier molecular flexibility index (Phi) is 13.5. The lowest BCUT2D eigenvalue weighted by Gasteiger charge is -2.05. The van der Waals surface area contributed by atoms with Gasteiger partial charge in [-0.1, -0.05) is 0 Å². The molecule has 0 aliphatic heterocycles. The lowest BCUT2D eigenvalue weighted by molar-refractivity contribution is -0.472. The number of rotatable bonds is 12. The van der Waals surface area contributed by atoms with Crippen molar-refractivity contribution < 1.29 is 23.9 Å². The molecular formula is C11H26N3O4+. The van der Waals surface area contributed by atoms with Crippen LogP contribution >= 0.6 is 0 Å². The number of nitrogens with one attached hydrogen (secondary N) is 2. The van der Waals surface area contributed by atoms with Crippen LogP contribution in [-0.2, 0) is 18.9 Å². The van der Waals surface area contributed by atoms with Crippen LogP contribution in [0.3, 0.4) is 0 Å². The first-order valence-corrected chi connectivity index (χ1v) is 6.09. The maximum absolute atomic E-state index is 5.39. The summed E-state index contributed by atoms with van der Waals surface area (Å²) >= 11 is 0. The first-order valence-electron chi connectivity index (χ1n) is 6.09. The lowest BCUT2D eigenvalue weighted by atomic mass is 10.6. The molecule has 0 aromatic carbocycles. The molecule has 0 aliphatic carbocycles. The Hall–Kier alpha value is -0.890. The summed E-state index contributed by atoms with van der Waals surface area (Å²) in [5.74, 6) is 0. The van der Waals surface area contributed by atoms with Crippen molar-refractivity contribution in [2.24, 2.45) is 5.73 Å². The van der Waals surface area contributed by atoms with Crippen LogP contribution in [0, 0.1) is 0 Å². The van der Waals surface area contributed by atoms with Crippen molar-refractivity contribution in [3.05, 3.63) is 0 Å². The number of hydrogen-bond donors (Lipinski definition) is 3. The van der Waals surface area contributed by atoms with Crippen molar-refractivity contribution >= 4 is 6.02 Å². The van der Waals surface area contributed by atoms with E-state index < -0.39 is 0 Å². The molecule has 0 bridgehead atoms. The Balaban J connectivity index is 3.03. The monoisotopic (exact) mass is 264 g/mol. The average Bonchev–Trinajstić information content (AvgIpc) is 2.39. The van der Waals surface area contributed by atoms with Crippen molar-refractivity contribution in [1.29, 1.82) is 0 Å². The van der Waals surface area contributed by atoms with E-state index in [0.717, 1.165) is 6.54 Å². The van der Waals surface area contributed by atoms with Crippen LogP contribution in [-0.4, -0.2) is 72.9 Å². The molecule has 4 N–H and O–H groups in total. The SMILES string of the molecule is CNCCOCCOCCOCC[NH+]=C(N)OC. The summed E-state index contributed by atoms with van der Waals surface area (Å²) in [4.78, 5) is 2.84. The molecule has 0 aromatic heterocycles. The van der Waals surface area contributed by atoms with Gasteiger partial charge in [-0.3, -0.25) is 5.73 Å². The molecule has 0 aromatic rings. The number of amidine groups is 1. The number of nitrogens with two attached hydrogens (primary N) is 1. The molecule has 0 atom stereocenters. The molecule has 0 aliphatic rings. The van der Waals surface area contributed by atoms with E-state index in [0.29, 0.717) is 52.2 Å². The average molecular weight is 264 g/mol. The Labute approximate surface area is 109 Å². The second kappa shape index (κ2) is 14.2. The van der Waals surface area contributed by atoms with E-state index in [1.165, 1.54) is 7.11 Å². The summed E-state index contributed by atoms with van der Waals surface area (Å²) < 4.78 is 20.7. The molecule has 18 heavy (non-hydrogen) atoms. The van der Waals surface area contributed by atoms with Gasteiger partial charge in [-0.15, -0.1) is 0 Å². The summed E-state index contributed by atoms with van der Waals surface area (Å²) in [6.07, 6.45) is 0. The molecule has 108 valence electrons. The highest BCUT2D eigenvalue weighted by Crippen LogP contribution is 1.80. The van der Waals surface area contributed by atoms with Crippen molar-refractivity contribution in [2.45, 2.75) is 0 Å². The third kappa shape index (κ3) is 13.2. The maximum Gasteiger partial charge on any atom is 0.439 e. The van der Waals surface area contributed by atoms with E-state index >= 15 is 0 Å². The van der Waals surface area contributed by atoms with E-state index in [1.54, 1.807) is 0 Å². The quantitative estimate of drug-likeness (QED) is 0.202. The summed E-state index contributed by atoms with van der Waals surface area (Å²) in [5.41, 5.74) is 5.39. The molecular weight excluding hydrogens is 238 g/mol. The largest absolute Gasteiger partial charge is 0.439 e. The minimum absolute atomic E-state index is 0.300. The van der Waals surface area contributed by atoms with Gasteiger partial charge in [0.1, 0.15) is 6.54 Å². The Bertz CT molecular complexity index is 203. The molecule has 0 rings (SSSR count). The standard InChI is InChI=1S/C11H25N3O4/c1-13-3-5-16-7-9-18-10-8-17-6-4-14-11(12)15-2/h13H,3-10H2,1-2H3,(H2,12,14)/p+1. The van der Waals surface area contributed by atoms with Crippen molar-refractivity contribution in [2.75, 3.05) is 66.9 Å². The minimum Gasteiger partial charge on any atom is -0.435 e. The fourth-order valence-electron chi connectivity index (χ4n) is 1.03. The smallest absolute Gasteiger partial charge is 0.435 e. The second-order valence-electron chi connectivity index (χ2n) is 3.44. The van der Waals surface area contributed by atoms with Gasteiger partial charge in [-0.25, -0.2) is 4.99 Å². The summed E-state index contributed by atoms with van der Waals surface area (Å²) in [7, 11) is 3.40. The van der Waals surface area contributed by atoms with Crippen LogP contribution < -0.4 is 16.0 Å². The Morgan fingerprint density at radius 3 is 2.11 bits per heavy atom. The van der Waals surface area contributed by atoms with Gasteiger partial charge in [0, 0.05) is 6.54 Å². The Morgan fingerprint density at radius 1 is 1.00 bits per heavy atom. The molecule has 0 spiro atoms. The van der Waals surface area contributed by atoms with Crippen LogP contribution in [0.25, 0.3) is 0 Å². The topological polar surface area (TPSA) is 88.9 Å². The highest BCUT2D eigenvalue weighted by molar-refractivity contribution is 5.64. The minimum atomic E-state index is 0.300. The zero-order chi connectivity index (χ0) is 13.5. The summed E-state index contributed by atoms with van der Waals surface area (Å²) in [5, 5.41) is 3.00. The fraction of sp³-hybridized carbons (Fsp3) is 0.909. The van der Waals surface area contributed by atoms with Gasteiger partial charge in [0.25, 0.3) is 0 Å². The molecule has 7 nitrogen and oxygen atoms in total. The molecule has 0 unspecified atom stereocenters. The molecule has 7 heteroatoms. The third-order valence-electron chi connectivity index (χ3n) is 2.01. The van der Waals surface area contributed by atoms with Crippen LogP contribution in [0.1, 0.15) is 0 Å². The maximum atomic E-state index is 5.39. The predicted octanol–water partition coefficient (Wildman–Crippen LogP) is -2.70. The van der Waals surface area contributed by atoms with E-state index in [2.05, 4.69) is 10.3 Å². The zero-order valence-electron chi connectivity index (χ0n) is 11.4. The van der Waals surface area contributed by atoms with Crippen molar-refractivity contribution in [3.63, 3.8) is 0 Å². The molecule has 0 radical (unpaired) electrons. The molecule has 0 heterocycles. The van der Waals surface area contributed by atoms with Crippen LogP contribution in [0.5, 0.6) is 0 Å². The van der Waals surface area contributed by atoms with E-state index in [4.69, 9.17) is 24.7 Å². The number of hydrogen-bond acceptors (Lipinski definition) is 5. The molecule has 0 fully saturated rings. The van der Waals surface area contributed by atoms with Gasteiger partial charge >= 0.3 is 6.02 Å². The van der Waals surface area contributed by atoms with Gasteiger partial charge in [-0.2, -0.15) is 0 Å². The van der Waals surface area contributed by atoms with Crippen LogP contribution in [0.4, 0.5) is 0 Å². The zero-order valence-corrected chi connectivity index (χ0v) is 11.4. The molecule has 0 amide bonds.